The molecule has 1 fully saturated rings. The Morgan fingerprint density at radius 1 is 1.11 bits per heavy atom. The lowest BCUT2D eigenvalue weighted by Crippen LogP contribution is -2.30. The Bertz CT molecular complexity index is 923. The number of nitrogens with one attached hydrogen (secondary N) is 1. The minimum Gasteiger partial charge on any atom is -0.497 e. The van der Waals surface area contributed by atoms with Crippen LogP contribution in [-0.4, -0.2) is 33.2 Å². The van der Waals surface area contributed by atoms with E-state index >= 15 is 0 Å². The summed E-state index contributed by atoms with van der Waals surface area (Å²) in [5.74, 6) is 0.845. The SMILES string of the molecule is CCN1C(=S)N[C@H](c2ccccn2)[C@H]1c1cccn1-c1ccc(OC)cc1. The molecule has 0 saturated carbocycles. The van der Waals surface area contributed by atoms with Crippen molar-refractivity contribution in [2.45, 2.75) is 19.0 Å². The highest BCUT2D eigenvalue weighted by Gasteiger charge is 2.40. The van der Waals surface area contributed by atoms with Crippen LogP contribution < -0.4 is 10.1 Å². The van der Waals surface area contributed by atoms with Crippen molar-refractivity contribution in [2.24, 2.45) is 0 Å². The quantitative estimate of drug-likeness (QED) is 0.683. The fraction of sp³-hybridized carbons (Fsp3) is 0.238. The highest BCUT2D eigenvalue weighted by molar-refractivity contribution is 7.80. The highest BCUT2D eigenvalue weighted by atomic mass is 32.1. The Labute approximate surface area is 164 Å². The number of likely N-dealkylation sites (N-methyl/N-ethyl adjacent to an activating group) is 1. The molecule has 0 amide bonds. The lowest BCUT2D eigenvalue weighted by molar-refractivity contribution is 0.321. The van der Waals surface area contributed by atoms with Gasteiger partial charge in [-0.05, 0) is 67.7 Å². The maximum atomic E-state index is 5.62. The van der Waals surface area contributed by atoms with Gasteiger partial charge < -0.3 is 19.5 Å². The van der Waals surface area contributed by atoms with Crippen LogP contribution in [0.2, 0.25) is 0 Å². The molecule has 0 aliphatic carbocycles. The average Bonchev–Trinajstić information content (AvgIpc) is 3.32. The van der Waals surface area contributed by atoms with E-state index in [-0.39, 0.29) is 12.1 Å². The van der Waals surface area contributed by atoms with Crippen molar-refractivity contribution >= 4 is 17.3 Å². The van der Waals surface area contributed by atoms with Gasteiger partial charge in [0.15, 0.2) is 5.11 Å². The molecule has 1 aliphatic rings. The smallest absolute Gasteiger partial charge is 0.170 e. The number of ether oxygens (including phenoxy) is 1. The largest absolute Gasteiger partial charge is 0.497 e. The van der Waals surface area contributed by atoms with Gasteiger partial charge >= 0.3 is 0 Å². The molecular formula is C21H22N4OS. The number of benzene rings is 1. The Hall–Kier alpha value is -2.86. The molecule has 3 aromatic rings. The van der Waals surface area contributed by atoms with Gasteiger partial charge in [0, 0.05) is 30.3 Å². The molecule has 0 bridgehead atoms. The van der Waals surface area contributed by atoms with Crippen molar-refractivity contribution in [1.82, 2.24) is 19.8 Å². The van der Waals surface area contributed by atoms with E-state index in [9.17, 15) is 0 Å². The van der Waals surface area contributed by atoms with Gasteiger partial charge in [0.05, 0.1) is 24.9 Å². The zero-order valence-electron chi connectivity index (χ0n) is 15.4. The normalized spacial score (nSPS) is 19.2. The first-order chi connectivity index (χ1) is 13.2. The molecule has 2 atom stereocenters. The van der Waals surface area contributed by atoms with Gasteiger partial charge in [-0.3, -0.25) is 4.98 Å². The number of hydrogen-bond acceptors (Lipinski definition) is 3. The van der Waals surface area contributed by atoms with Gasteiger partial charge in [0.1, 0.15) is 5.75 Å². The van der Waals surface area contributed by atoms with E-state index in [2.05, 4.69) is 57.2 Å². The Morgan fingerprint density at radius 2 is 1.93 bits per heavy atom. The topological polar surface area (TPSA) is 42.3 Å². The van der Waals surface area contributed by atoms with Crippen LogP contribution >= 0.6 is 12.2 Å². The molecule has 5 nitrogen and oxygen atoms in total. The molecule has 0 radical (unpaired) electrons. The van der Waals surface area contributed by atoms with E-state index in [1.54, 1.807) is 7.11 Å². The maximum absolute atomic E-state index is 5.62. The van der Waals surface area contributed by atoms with Crippen LogP contribution in [0.3, 0.4) is 0 Å². The third-order valence-electron chi connectivity index (χ3n) is 4.97. The summed E-state index contributed by atoms with van der Waals surface area (Å²) in [6.07, 6.45) is 3.91. The number of pyridine rings is 1. The third-order valence-corrected chi connectivity index (χ3v) is 5.32. The average molecular weight is 379 g/mol. The van der Waals surface area contributed by atoms with Crippen LogP contribution in [0.1, 0.15) is 30.4 Å². The van der Waals surface area contributed by atoms with E-state index < -0.39 is 0 Å². The standard InChI is InChI=1S/C21H22N4OS/c1-3-24-20(19(23-21(24)27)17-7-4-5-13-22-17)18-8-6-14-25(18)15-9-11-16(26-2)12-10-15/h4-14,19-20H,3H2,1-2H3,(H,23,27)/t19-,20-/m1/s1. The zero-order chi connectivity index (χ0) is 18.8. The van der Waals surface area contributed by atoms with Gasteiger partial charge in [0.2, 0.25) is 0 Å². The molecule has 3 heterocycles. The van der Waals surface area contributed by atoms with Crippen LogP contribution in [0.25, 0.3) is 5.69 Å². The number of nitrogens with zero attached hydrogens (tertiary/aromatic N) is 3. The van der Waals surface area contributed by atoms with Crippen molar-refractivity contribution in [3.05, 3.63) is 78.4 Å². The molecule has 2 aromatic heterocycles. The summed E-state index contributed by atoms with van der Waals surface area (Å²) in [7, 11) is 1.68. The van der Waals surface area contributed by atoms with Gasteiger partial charge in [0.25, 0.3) is 0 Å². The molecule has 1 N–H and O–H groups in total. The molecule has 0 spiro atoms. The molecular weight excluding hydrogens is 356 g/mol. The summed E-state index contributed by atoms with van der Waals surface area (Å²) in [6, 6.07) is 18.4. The lowest BCUT2D eigenvalue weighted by atomic mass is 10.0. The fourth-order valence-electron chi connectivity index (χ4n) is 3.68. The van der Waals surface area contributed by atoms with Gasteiger partial charge in [-0.15, -0.1) is 0 Å². The lowest BCUT2D eigenvalue weighted by Gasteiger charge is -2.28. The first-order valence-corrected chi connectivity index (χ1v) is 9.43. The van der Waals surface area contributed by atoms with Crippen molar-refractivity contribution in [3.8, 4) is 11.4 Å². The minimum absolute atomic E-state index is 0.00514. The van der Waals surface area contributed by atoms with Gasteiger partial charge in [-0.25, -0.2) is 0 Å². The number of hydrogen-bond donors (Lipinski definition) is 1. The molecule has 1 saturated heterocycles. The zero-order valence-corrected chi connectivity index (χ0v) is 16.2. The summed E-state index contributed by atoms with van der Waals surface area (Å²) in [5.41, 5.74) is 3.25. The van der Waals surface area contributed by atoms with Crippen LogP contribution in [0.15, 0.2) is 67.0 Å². The van der Waals surface area contributed by atoms with E-state index in [1.165, 1.54) is 5.69 Å². The first-order valence-electron chi connectivity index (χ1n) is 9.02. The predicted molar refractivity (Wildman–Crippen MR) is 110 cm³/mol. The van der Waals surface area contributed by atoms with Crippen LogP contribution in [0.4, 0.5) is 0 Å². The third kappa shape index (κ3) is 3.17. The van der Waals surface area contributed by atoms with Crippen LogP contribution in [0.5, 0.6) is 5.75 Å². The van der Waals surface area contributed by atoms with Crippen molar-refractivity contribution in [3.63, 3.8) is 0 Å². The second kappa shape index (κ2) is 7.40. The first kappa shape index (κ1) is 17.5. The molecule has 4 rings (SSSR count). The predicted octanol–water partition coefficient (Wildman–Crippen LogP) is 3.87. The van der Waals surface area contributed by atoms with E-state index in [0.29, 0.717) is 0 Å². The minimum atomic E-state index is 0.00514. The van der Waals surface area contributed by atoms with E-state index in [4.69, 9.17) is 17.0 Å². The summed E-state index contributed by atoms with van der Waals surface area (Å²) in [6.45, 7) is 2.95. The summed E-state index contributed by atoms with van der Waals surface area (Å²) in [5, 5.41) is 4.23. The summed E-state index contributed by atoms with van der Waals surface area (Å²) < 4.78 is 7.49. The summed E-state index contributed by atoms with van der Waals surface area (Å²) in [4.78, 5) is 6.80. The Balaban J connectivity index is 1.78. The molecule has 138 valence electrons. The molecule has 6 heteroatoms. The number of aromatic nitrogens is 2. The van der Waals surface area contributed by atoms with Crippen LogP contribution in [0, 0.1) is 0 Å². The number of thiocarbonyl (C=S) groups is 1. The second-order valence-electron chi connectivity index (χ2n) is 6.41. The summed E-state index contributed by atoms with van der Waals surface area (Å²) >= 11 is 5.62. The highest BCUT2D eigenvalue weighted by Crippen LogP contribution is 2.39. The number of rotatable bonds is 5. The van der Waals surface area contributed by atoms with Crippen molar-refractivity contribution in [1.29, 1.82) is 0 Å². The maximum Gasteiger partial charge on any atom is 0.170 e. The second-order valence-corrected chi connectivity index (χ2v) is 6.80. The Kier molecular flexibility index (Phi) is 4.81. The van der Waals surface area contributed by atoms with Crippen LogP contribution in [-0.2, 0) is 0 Å². The van der Waals surface area contributed by atoms with Gasteiger partial charge in [-0.1, -0.05) is 6.07 Å². The van der Waals surface area contributed by atoms with Crippen molar-refractivity contribution < 1.29 is 4.74 Å². The number of methoxy groups -OCH3 is 1. The van der Waals surface area contributed by atoms with E-state index in [1.807, 2.05) is 36.5 Å². The van der Waals surface area contributed by atoms with Gasteiger partial charge in [-0.2, -0.15) is 0 Å². The van der Waals surface area contributed by atoms with E-state index in [0.717, 1.165) is 28.8 Å². The Morgan fingerprint density at radius 3 is 2.59 bits per heavy atom. The fourth-order valence-corrected chi connectivity index (χ4v) is 4.05. The molecule has 0 unspecified atom stereocenters. The van der Waals surface area contributed by atoms with Crippen molar-refractivity contribution in [2.75, 3.05) is 13.7 Å². The monoisotopic (exact) mass is 378 g/mol. The molecule has 27 heavy (non-hydrogen) atoms. The molecule has 1 aliphatic heterocycles. The molecule has 1 aromatic carbocycles.